The van der Waals surface area contributed by atoms with Gasteiger partial charge in [-0.1, -0.05) is 25.8 Å². The Bertz CT molecular complexity index is 704. The lowest BCUT2D eigenvalue weighted by atomic mass is 9.65. The monoisotopic (exact) mass is 454 g/mol. The number of rotatable bonds is 3. The number of benzene rings is 1. The molecular weight excluding hydrogens is 427 g/mol. The first-order chi connectivity index (χ1) is 11.2. The van der Waals surface area contributed by atoms with Gasteiger partial charge in [-0.25, -0.2) is 0 Å². The maximum absolute atomic E-state index is 12.2. The smallest absolute Gasteiger partial charge is 0.243 e. The van der Waals surface area contributed by atoms with Gasteiger partial charge in [0, 0.05) is 35.8 Å². The van der Waals surface area contributed by atoms with Gasteiger partial charge in [-0.05, 0) is 32.0 Å². The molecule has 1 fully saturated rings. The Kier molecular flexibility index (Phi) is 6.89. The van der Waals surface area contributed by atoms with Crippen molar-refractivity contribution in [2.75, 3.05) is 25.5 Å². The van der Waals surface area contributed by atoms with Gasteiger partial charge in [0.2, 0.25) is 5.91 Å². The molecule has 1 aliphatic heterocycles. The first kappa shape index (κ1) is 21.3. The Labute approximate surface area is 167 Å². The number of hydrogen-bond acceptors (Lipinski definition) is 2. The Balaban J connectivity index is 0.00000312. The molecule has 0 unspecified atom stereocenters. The second-order valence-corrected chi connectivity index (χ2v) is 7.20. The van der Waals surface area contributed by atoms with E-state index in [1.54, 1.807) is 13.1 Å². The molecule has 2 N–H and O–H groups in total. The molecule has 1 aromatic rings. The van der Waals surface area contributed by atoms with Crippen molar-refractivity contribution in [2.24, 2.45) is 10.4 Å². The van der Waals surface area contributed by atoms with Gasteiger partial charge in [0.1, 0.15) is 0 Å². The van der Waals surface area contributed by atoms with Crippen LogP contribution in [-0.2, 0) is 4.79 Å². The summed E-state index contributed by atoms with van der Waals surface area (Å²) in [5.41, 5.74) is 1.63. The summed E-state index contributed by atoms with van der Waals surface area (Å²) in [6.07, 6.45) is 5.37. The Morgan fingerprint density at radius 2 is 2.04 bits per heavy atom. The lowest BCUT2D eigenvalue weighted by molar-refractivity contribution is -0.115. The fourth-order valence-corrected chi connectivity index (χ4v) is 2.75. The predicted molar refractivity (Wildman–Crippen MR) is 114 cm³/mol. The quantitative estimate of drug-likeness (QED) is 0.320. The number of anilines is 1. The minimum Gasteiger partial charge on any atom is -0.347 e. The highest BCUT2D eigenvalue weighted by Gasteiger charge is 2.53. The number of carbonyl (C=O) groups is 1. The molecule has 6 heteroatoms. The van der Waals surface area contributed by atoms with Crippen LogP contribution in [0.4, 0.5) is 5.69 Å². The number of halogens is 1. The SMILES string of the molecule is C#Cc1cccc(NC(=O)CNC(=NC)N2CC(C)(C)C2(C)C)c1.I. The standard InChI is InChI=1S/C19H26N4O.HI/c1-7-14-9-8-10-15(11-14)22-16(24)12-21-17(20-6)23-13-18(2,3)19(23,4)5;/h1,8-11H,12-13H2,2-6H3,(H,20,21)(H,22,24);1H. The second kappa shape index (κ2) is 8.09. The van der Waals surface area contributed by atoms with Gasteiger partial charge < -0.3 is 15.5 Å². The number of amides is 1. The van der Waals surface area contributed by atoms with Crippen LogP contribution in [0, 0.1) is 17.8 Å². The number of carbonyl (C=O) groups excluding carboxylic acids is 1. The third-order valence-corrected chi connectivity index (χ3v) is 5.07. The van der Waals surface area contributed by atoms with Gasteiger partial charge in [0.05, 0.1) is 6.54 Å². The molecule has 136 valence electrons. The normalized spacial score (nSPS) is 17.6. The van der Waals surface area contributed by atoms with E-state index in [4.69, 9.17) is 6.42 Å². The summed E-state index contributed by atoms with van der Waals surface area (Å²) in [4.78, 5) is 18.6. The van der Waals surface area contributed by atoms with Gasteiger partial charge in [-0.3, -0.25) is 9.79 Å². The van der Waals surface area contributed by atoms with Crippen molar-refractivity contribution in [3.05, 3.63) is 29.8 Å². The molecule has 1 aliphatic rings. The topological polar surface area (TPSA) is 56.7 Å². The Morgan fingerprint density at radius 1 is 1.36 bits per heavy atom. The van der Waals surface area contributed by atoms with Crippen molar-refractivity contribution >= 4 is 41.5 Å². The minimum absolute atomic E-state index is 0. The Morgan fingerprint density at radius 3 is 2.56 bits per heavy atom. The number of terminal acetylenes is 1. The zero-order valence-corrected chi connectivity index (χ0v) is 17.8. The van der Waals surface area contributed by atoms with Crippen LogP contribution >= 0.6 is 24.0 Å². The number of likely N-dealkylation sites (tertiary alicyclic amines) is 1. The van der Waals surface area contributed by atoms with Gasteiger partial charge >= 0.3 is 0 Å². The summed E-state index contributed by atoms with van der Waals surface area (Å²) in [6, 6.07) is 7.23. The molecule has 0 bridgehead atoms. The van der Waals surface area contributed by atoms with E-state index in [1.807, 2.05) is 18.2 Å². The molecular formula is C19H27IN4O. The van der Waals surface area contributed by atoms with Crippen molar-refractivity contribution in [1.82, 2.24) is 10.2 Å². The van der Waals surface area contributed by atoms with Crippen LogP contribution in [0.25, 0.3) is 0 Å². The molecule has 1 amide bonds. The minimum atomic E-state index is -0.136. The number of nitrogens with zero attached hydrogens (tertiary/aromatic N) is 2. The maximum Gasteiger partial charge on any atom is 0.243 e. The average molecular weight is 454 g/mol. The third kappa shape index (κ3) is 4.46. The summed E-state index contributed by atoms with van der Waals surface area (Å²) in [5.74, 6) is 3.16. The van der Waals surface area contributed by atoms with Crippen LogP contribution < -0.4 is 10.6 Å². The molecule has 25 heavy (non-hydrogen) atoms. The van der Waals surface area contributed by atoms with Crippen molar-refractivity contribution < 1.29 is 4.79 Å². The van der Waals surface area contributed by atoms with E-state index in [-0.39, 0.29) is 47.4 Å². The zero-order valence-electron chi connectivity index (χ0n) is 15.5. The highest BCUT2D eigenvalue weighted by molar-refractivity contribution is 14.0. The van der Waals surface area contributed by atoms with Crippen LogP contribution in [0.1, 0.15) is 33.3 Å². The number of hydrogen-bond donors (Lipinski definition) is 2. The lowest BCUT2D eigenvalue weighted by Crippen LogP contribution is -2.72. The molecule has 5 nitrogen and oxygen atoms in total. The summed E-state index contributed by atoms with van der Waals surface area (Å²) in [5, 5.41) is 5.97. The third-order valence-electron chi connectivity index (χ3n) is 5.07. The first-order valence-electron chi connectivity index (χ1n) is 8.06. The van der Waals surface area contributed by atoms with Gasteiger partial charge in [0.25, 0.3) is 0 Å². The number of guanidine groups is 1. The van der Waals surface area contributed by atoms with Crippen LogP contribution in [0.3, 0.4) is 0 Å². The van der Waals surface area contributed by atoms with Gasteiger partial charge in [-0.15, -0.1) is 30.4 Å². The fourth-order valence-electron chi connectivity index (χ4n) is 2.75. The largest absolute Gasteiger partial charge is 0.347 e. The van der Waals surface area contributed by atoms with E-state index < -0.39 is 0 Å². The molecule has 0 aliphatic carbocycles. The van der Waals surface area contributed by atoms with Crippen molar-refractivity contribution in [1.29, 1.82) is 0 Å². The number of nitrogens with one attached hydrogen (secondary N) is 2. The summed E-state index contributed by atoms with van der Waals surface area (Å²) in [7, 11) is 1.73. The molecule has 1 heterocycles. The Hall–Kier alpha value is -1.75. The highest BCUT2D eigenvalue weighted by Crippen LogP contribution is 2.46. The lowest BCUT2D eigenvalue weighted by Gasteiger charge is -2.62. The summed E-state index contributed by atoms with van der Waals surface area (Å²) < 4.78 is 0. The summed E-state index contributed by atoms with van der Waals surface area (Å²) >= 11 is 0. The second-order valence-electron chi connectivity index (χ2n) is 7.20. The first-order valence-corrected chi connectivity index (χ1v) is 8.06. The van der Waals surface area contributed by atoms with E-state index in [1.165, 1.54) is 0 Å². The van der Waals surface area contributed by atoms with Crippen LogP contribution in [0.5, 0.6) is 0 Å². The molecule has 1 aromatic carbocycles. The average Bonchev–Trinajstić information content (AvgIpc) is 2.54. The molecule has 0 atom stereocenters. The van der Waals surface area contributed by atoms with E-state index >= 15 is 0 Å². The zero-order chi connectivity index (χ0) is 18.0. The molecule has 0 spiro atoms. The van der Waals surface area contributed by atoms with E-state index in [0.29, 0.717) is 5.69 Å². The van der Waals surface area contributed by atoms with Crippen LogP contribution in [0.2, 0.25) is 0 Å². The van der Waals surface area contributed by atoms with Crippen LogP contribution in [-0.4, -0.2) is 42.4 Å². The van der Waals surface area contributed by atoms with Gasteiger partial charge in [-0.2, -0.15) is 0 Å². The van der Waals surface area contributed by atoms with E-state index in [0.717, 1.165) is 18.1 Å². The molecule has 0 saturated carbocycles. The van der Waals surface area contributed by atoms with E-state index in [9.17, 15) is 4.79 Å². The number of aliphatic imine (C=N–C) groups is 1. The van der Waals surface area contributed by atoms with Gasteiger partial charge in [0.15, 0.2) is 5.96 Å². The van der Waals surface area contributed by atoms with E-state index in [2.05, 4.69) is 54.1 Å². The molecule has 2 rings (SSSR count). The van der Waals surface area contributed by atoms with Crippen molar-refractivity contribution in [3.8, 4) is 12.3 Å². The summed E-state index contributed by atoms with van der Waals surface area (Å²) in [6.45, 7) is 9.92. The van der Waals surface area contributed by atoms with Crippen LogP contribution in [0.15, 0.2) is 29.3 Å². The predicted octanol–water partition coefficient (Wildman–Crippen LogP) is 2.92. The van der Waals surface area contributed by atoms with Crippen molar-refractivity contribution in [2.45, 2.75) is 33.2 Å². The molecule has 1 saturated heterocycles. The highest BCUT2D eigenvalue weighted by atomic mass is 127. The van der Waals surface area contributed by atoms with Crippen molar-refractivity contribution in [3.63, 3.8) is 0 Å². The maximum atomic E-state index is 12.2. The molecule has 0 radical (unpaired) electrons. The fraction of sp³-hybridized carbons (Fsp3) is 0.474. The molecule has 0 aromatic heterocycles.